The van der Waals surface area contributed by atoms with Crippen molar-refractivity contribution in [2.45, 2.75) is 45.6 Å². The van der Waals surface area contributed by atoms with Crippen molar-refractivity contribution in [1.82, 2.24) is 19.7 Å². The molecule has 0 amide bonds. The topological polar surface area (TPSA) is 72.8 Å². The highest BCUT2D eigenvalue weighted by atomic mass is 16.5. The summed E-state index contributed by atoms with van der Waals surface area (Å²) >= 11 is 0. The van der Waals surface area contributed by atoms with E-state index in [2.05, 4.69) is 32.9 Å². The molecule has 1 atom stereocenters. The number of aromatic amines is 1. The van der Waals surface area contributed by atoms with Gasteiger partial charge in [-0.05, 0) is 38.2 Å². The molecule has 4 rings (SSSR count). The number of carbonyl (C=O) groups is 1. The van der Waals surface area contributed by atoms with Crippen LogP contribution in [0.2, 0.25) is 0 Å². The van der Waals surface area contributed by atoms with E-state index in [0.29, 0.717) is 24.1 Å². The lowest BCUT2D eigenvalue weighted by Crippen LogP contribution is -2.25. The van der Waals surface area contributed by atoms with Crippen LogP contribution in [0.25, 0.3) is 22.2 Å². The van der Waals surface area contributed by atoms with Crippen LogP contribution >= 0.6 is 0 Å². The summed E-state index contributed by atoms with van der Waals surface area (Å²) in [5, 5.41) is 5.55. The van der Waals surface area contributed by atoms with Gasteiger partial charge in [0.05, 0.1) is 24.4 Å². The normalized spacial score (nSPS) is 15.8. The van der Waals surface area contributed by atoms with Crippen molar-refractivity contribution in [3.63, 3.8) is 0 Å². The van der Waals surface area contributed by atoms with Crippen molar-refractivity contribution in [1.29, 1.82) is 0 Å². The summed E-state index contributed by atoms with van der Waals surface area (Å²) in [5.74, 6) is 0.360. The maximum Gasteiger partial charge on any atom is 0.340 e. The molecule has 3 aromatic heterocycles. The van der Waals surface area contributed by atoms with Gasteiger partial charge in [-0.25, -0.2) is 9.78 Å². The van der Waals surface area contributed by atoms with Gasteiger partial charge in [-0.15, -0.1) is 0 Å². The summed E-state index contributed by atoms with van der Waals surface area (Å²) in [6, 6.07) is 2.37. The summed E-state index contributed by atoms with van der Waals surface area (Å²) in [5.41, 5.74) is 3.00. The van der Waals surface area contributed by atoms with Gasteiger partial charge < -0.3 is 9.72 Å². The Morgan fingerprint density at radius 1 is 1.38 bits per heavy atom. The second kappa shape index (κ2) is 6.94. The number of nitrogens with one attached hydrogen (secondary N) is 1. The van der Waals surface area contributed by atoms with Crippen molar-refractivity contribution in [2.75, 3.05) is 6.61 Å². The van der Waals surface area contributed by atoms with Crippen LogP contribution < -0.4 is 0 Å². The lowest BCUT2D eigenvalue weighted by molar-refractivity contribution is 0.0527. The lowest BCUT2D eigenvalue weighted by Gasteiger charge is -2.33. The maximum absolute atomic E-state index is 12.5. The third-order valence-corrected chi connectivity index (χ3v) is 5.42. The molecular weight excluding hydrogens is 328 g/mol. The van der Waals surface area contributed by atoms with Crippen LogP contribution in [0.15, 0.2) is 30.9 Å². The number of ether oxygens (including phenoxy) is 1. The highest BCUT2D eigenvalue weighted by Gasteiger charge is 2.28. The van der Waals surface area contributed by atoms with Crippen LogP contribution in [0.1, 0.15) is 55.9 Å². The molecule has 6 nitrogen and oxygen atoms in total. The third kappa shape index (κ3) is 2.79. The van der Waals surface area contributed by atoms with Crippen LogP contribution in [0.4, 0.5) is 0 Å². The number of pyridine rings is 1. The number of aromatic nitrogens is 4. The number of hydrogen-bond donors (Lipinski definition) is 1. The zero-order chi connectivity index (χ0) is 18.1. The van der Waals surface area contributed by atoms with Gasteiger partial charge in [0.2, 0.25) is 0 Å². The number of carbonyl (C=O) groups excluding carboxylic acids is 1. The van der Waals surface area contributed by atoms with Crippen LogP contribution in [-0.2, 0) is 4.74 Å². The number of nitrogens with zero attached hydrogens (tertiary/aromatic N) is 3. The van der Waals surface area contributed by atoms with E-state index in [9.17, 15) is 4.79 Å². The van der Waals surface area contributed by atoms with Gasteiger partial charge in [0, 0.05) is 35.1 Å². The van der Waals surface area contributed by atoms with E-state index in [1.807, 2.05) is 25.4 Å². The first-order chi connectivity index (χ1) is 12.7. The number of fused-ring (bicyclic) bond motifs is 1. The summed E-state index contributed by atoms with van der Waals surface area (Å²) in [6.45, 7) is 4.36. The Bertz CT molecular complexity index is 923. The lowest BCUT2D eigenvalue weighted by atomic mass is 9.79. The SMILES string of the molecule is CCOC(=O)c1cnc2[nH]ccc2c1-c1cnn(C(CC)C2CCC2)c1. The standard InChI is InChI=1S/C20H24N4O2/c1-3-17(13-6-5-7-13)24-12-14(10-23-24)18-15-8-9-21-19(15)22-11-16(18)20(25)26-4-2/h8-13,17H,3-7H2,1-2H3,(H,21,22). The Labute approximate surface area is 152 Å². The number of rotatable bonds is 6. The van der Waals surface area contributed by atoms with Gasteiger partial charge in [-0.2, -0.15) is 5.10 Å². The highest BCUT2D eigenvalue weighted by molar-refractivity contribution is 6.06. The number of esters is 1. The zero-order valence-corrected chi connectivity index (χ0v) is 15.2. The highest BCUT2D eigenvalue weighted by Crippen LogP contribution is 2.39. The van der Waals surface area contributed by atoms with Crippen LogP contribution in [0, 0.1) is 5.92 Å². The molecule has 1 N–H and O–H groups in total. The first kappa shape index (κ1) is 16.8. The fourth-order valence-corrected chi connectivity index (χ4v) is 3.89. The van der Waals surface area contributed by atoms with Crippen molar-refractivity contribution in [3.8, 4) is 11.1 Å². The molecule has 1 saturated carbocycles. The summed E-state index contributed by atoms with van der Waals surface area (Å²) in [7, 11) is 0. The summed E-state index contributed by atoms with van der Waals surface area (Å²) in [4.78, 5) is 19.9. The molecule has 6 heteroatoms. The van der Waals surface area contributed by atoms with E-state index in [0.717, 1.165) is 28.6 Å². The molecule has 0 aliphatic heterocycles. The quantitative estimate of drug-likeness (QED) is 0.669. The molecule has 1 fully saturated rings. The molecule has 0 saturated heterocycles. The van der Waals surface area contributed by atoms with E-state index in [-0.39, 0.29) is 5.97 Å². The van der Waals surface area contributed by atoms with Gasteiger partial charge in [-0.3, -0.25) is 4.68 Å². The van der Waals surface area contributed by atoms with Crippen molar-refractivity contribution < 1.29 is 9.53 Å². The van der Waals surface area contributed by atoms with Gasteiger partial charge >= 0.3 is 5.97 Å². The monoisotopic (exact) mass is 352 g/mol. The maximum atomic E-state index is 12.5. The third-order valence-electron chi connectivity index (χ3n) is 5.42. The number of H-pyrrole nitrogens is 1. The van der Waals surface area contributed by atoms with E-state index in [1.165, 1.54) is 19.3 Å². The second-order valence-electron chi connectivity index (χ2n) is 6.88. The molecule has 3 heterocycles. The molecule has 0 spiro atoms. The minimum atomic E-state index is -0.350. The van der Waals surface area contributed by atoms with Crippen molar-refractivity contribution >= 4 is 17.0 Å². The van der Waals surface area contributed by atoms with E-state index in [4.69, 9.17) is 4.74 Å². The average Bonchev–Trinajstić information content (AvgIpc) is 3.26. The minimum Gasteiger partial charge on any atom is -0.462 e. The van der Waals surface area contributed by atoms with Gasteiger partial charge in [0.25, 0.3) is 0 Å². The molecule has 0 radical (unpaired) electrons. The molecular formula is C20H24N4O2. The minimum absolute atomic E-state index is 0.336. The Balaban J connectivity index is 1.79. The Morgan fingerprint density at radius 3 is 2.92 bits per heavy atom. The predicted molar refractivity (Wildman–Crippen MR) is 99.9 cm³/mol. The number of hydrogen-bond acceptors (Lipinski definition) is 4. The summed E-state index contributed by atoms with van der Waals surface area (Å²) < 4.78 is 7.32. The fourth-order valence-electron chi connectivity index (χ4n) is 3.89. The zero-order valence-electron chi connectivity index (χ0n) is 15.2. The molecule has 3 aromatic rings. The van der Waals surface area contributed by atoms with Crippen molar-refractivity contribution in [2.24, 2.45) is 5.92 Å². The molecule has 0 bridgehead atoms. The Morgan fingerprint density at radius 2 is 2.23 bits per heavy atom. The van der Waals surface area contributed by atoms with E-state index in [1.54, 1.807) is 6.20 Å². The van der Waals surface area contributed by atoms with Crippen LogP contribution in [-0.4, -0.2) is 32.3 Å². The van der Waals surface area contributed by atoms with Crippen LogP contribution in [0.5, 0.6) is 0 Å². The van der Waals surface area contributed by atoms with Gasteiger partial charge in [-0.1, -0.05) is 13.3 Å². The van der Waals surface area contributed by atoms with Gasteiger partial charge in [0.1, 0.15) is 5.65 Å². The predicted octanol–water partition coefficient (Wildman–Crippen LogP) is 4.35. The van der Waals surface area contributed by atoms with Crippen molar-refractivity contribution in [3.05, 3.63) is 36.4 Å². The second-order valence-corrected chi connectivity index (χ2v) is 6.88. The molecule has 0 aromatic carbocycles. The smallest absolute Gasteiger partial charge is 0.340 e. The molecule has 26 heavy (non-hydrogen) atoms. The average molecular weight is 352 g/mol. The van der Waals surface area contributed by atoms with Gasteiger partial charge in [0.15, 0.2) is 0 Å². The first-order valence-corrected chi connectivity index (χ1v) is 9.40. The molecule has 1 aliphatic rings. The Hall–Kier alpha value is -2.63. The fraction of sp³-hybridized carbons (Fsp3) is 0.450. The molecule has 1 aliphatic carbocycles. The van der Waals surface area contributed by atoms with E-state index >= 15 is 0 Å². The molecule has 136 valence electrons. The Kier molecular flexibility index (Phi) is 4.49. The molecule has 1 unspecified atom stereocenters. The largest absolute Gasteiger partial charge is 0.462 e. The van der Waals surface area contributed by atoms with Crippen LogP contribution in [0.3, 0.4) is 0 Å². The summed E-state index contributed by atoms with van der Waals surface area (Å²) in [6.07, 6.45) is 12.3. The first-order valence-electron chi connectivity index (χ1n) is 9.40. The van der Waals surface area contributed by atoms with E-state index < -0.39 is 0 Å².